The van der Waals surface area contributed by atoms with Crippen LogP contribution in [0.4, 0.5) is 0 Å². The Labute approximate surface area is 165 Å². The van der Waals surface area contributed by atoms with Gasteiger partial charge in [-0.2, -0.15) is 0 Å². The highest BCUT2D eigenvalue weighted by atomic mass is 16.3. The van der Waals surface area contributed by atoms with E-state index in [9.17, 15) is 24.3 Å². The van der Waals surface area contributed by atoms with Gasteiger partial charge >= 0.3 is 0 Å². The molecule has 3 N–H and O–H groups in total. The van der Waals surface area contributed by atoms with Crippen molar-refractivity contribution in [3.05, 3.63) is 53.1 Å². The molecular formula is C19H17N5O5. The first-order chi connectivity index (χ1) is 13.9. The molecule has 10 heteroatoms. The molecule has 1 unspecified atom stereocenters. The van der Waals surface area contributed by atoms with Crippen molar-refractivity contribution >= 4 is 23.6 Å². The molecule has 3 heterocycles. The number of aromatic hydroxyl groups is 1. The van der Waals surface area contributed by atoms with Gasteiger partial charge in [-0.1, -0.05) is 12.1 Å². The molecule has 0 bridgehead atoms. The molecule has 29 heavy (non-hydrogen) atoms. The average Bonchev–Trinajstić information content (AvgIpc) is 3.03. The van der Waals surface area contributed by atoms with Crippen molar-refractivity contribution in [2.45, 2.75) is 32.0 Å². The maximum atomic E-state index is 12.8. The molecule has 1 saturated heterocycles. The van der Waals surface area contributed by atoms with E-state index in [-0.39, 0.29) is 36.4 Å². The van der Waals surface area contributed by atoms with Gasteiger partial charge in [0.25, 0.3) is 11.8 Å². The van der Waals surface area contributed by atoms with Crippen LogP contribution >= 0.6 is 0 Å². The summed E-state index contributed by atoms with van der Waals surface area (Å²) in [6.45, 7) is 0.455. The van der Waals surface area contributed by atoms with Crippen LogP contribution in [-0.4, -0.2) is 49.6 Å². The van der Waals surface area contributed by atoms with Crippen molar-refractivity contribution in [1.29, 1.82) is 0 Å². The Morgan fingerprint density at radius 3 is 2.72 bits per heavy atom. The summed E-state index contributed by atoms with van der Waals surface area (Å²) in [5, 5.41) is 14.1. The lowest BCUT2D eigenvalue weighted by molar-refractivity contribution is -0.136. The van der Waals surface area contributed by atoms with E-state index in [1.807, 2.05) is 0 Å². The maximum absolute atomic E-state index is 12.8. The number of nitrogens with zero attached hydrogens (tertiary/aromatic N) is 3. The van der Waals surface area contributed by atoms with Crippen LogP contribution in [-0.2, 0) is 22.7 Å². The van der Waals surface area contributed by atoms with Gasteiger partial charge < -0.3 is 15.3 Å². The van der Waals surface area contributed by atoms with Gasteiger partial charge in [-0.05, 0) is 23.6 Å². The first-order valence-electron chi connectivity index (χ1n) is 8.98. The summed E-state index contributed by atoms with van der Waals surface area (Å²) in [6.07, 6.45) is 2.76. The van der Waals surface area contributed by atoms with E-state index in [4.69, 9.17) is 0 Å². The Bertz CT molecular complexity index is 1020. The van der Waals surface area contributed by atoms with E-state index in [0.29, 0.717) is 24.1 Å². The molecule has 10 nitrogen and oxygen atoms in total. The first-order valence-corrected chi connectivity index (χ1v) is 8.98. The predicted molar refractivity (Wildman–Crippen MR) is 97.4 cm³/mol. The molecule has 2 aliphatic heterocycles. The highest BCUT2D eigenvalue weighted by molar-refractivity contribution is 6.05. The van der Waals surface area contributed by atoms with Crippen LogP contribution < -0.4 is 10.6 Å². The SMILES string of the molecule is O=C1CCC(N2Cc3ccc(CNC(=O)c4ncc(O)cn4)cc3C2=O)C(=O)N1. The van der Waals surface area contributed by atoms with Crippen LogP contribution in [0.3, 0.4) is 0 Å². The van der Waals surface area contributed by atoms with E-state index in [1.54, 1.807) is 18.2 Å². The molecule has 0 aliphatic carbocycles. The van der Waals surface area contributed by atoms with Crippen LogP contribution in [0.15, 0.2) is 30.6 Å². The lowest BCUT2D eigenvalue weighted by Gasteiger charge is -2.29. The molecule has 0 spiro atoms. The third-order valence-corrected chi connectivity index (χ3v) is 4.89. The van der Waals surface area contributed by atoms with Crippen LogP contribution in [0.25, 0.3) is 0 Å². The van der Waals surface area contributed by atoms with E-state index in [0.717, 1.165) is 18.0 Å². The van der Waals surface area contributed by atoms with Gasteiger partial charge in [0, 0.05) is 25.1 Å². The minimum Gasteiger partial charge on any atom is -0.505 e. The summed E-state index contributed by atoms with van der Waals surface area (Å²) >= 11 is 0. The Morgan fingerprint density at radius 2 is 2.00 bits per heavy atom. The van der Waals surface area contributed by atoms with Crippen molar-refractivity contribution in [3.63, 3.8) is 0 Å². The van der Waals surface area contributed by atoms with Gasteiger partial charge in [-0.25, -0.2) is 9.97 Å². The predicted octanol–water partition coefficient (Wildman–Crippen LogP) is -0.127. The molecule has 0 saturated carbocycles. The zero-order valence-electron chi connectivity index (χ0n) is 15.2. The fourth-order valence-electron chi connectivity index (χ4n) is 3.41. The third kappa shape index (κ3) is 3.64. The van der Waals surface area contributed by atoms with E-state index >= 15 is 0 Å². The fourth-order valence-corrected chi connectivity index (χ4v) is 3.41. The number of hydrogen-bond acceptors (Lipinski definition) is 7. The number of benzene rings is 1. The van der Waals surface area contributed by atoms with Crippen molar-refractivity contribution in [1.82, 2.24) is 25.5 Å². The highest BCUT2D eigenvalue weighted by Gasteiger charge is 2.39. The zero-order chi connectivity index (χ0) is 20.5. The maximum Gasteiger partial charge on any atom is 0.289 e. The first kappa shape index (κ1) is 18.5. The summed E-state index contributed by atoms with van der Waals surface area (Å²) in [6, 6.07) is 4.60. The number of imide groups is 1. The smallest absolute Gasteiger partial charge is 0.289 e. The molecule has 1 atom stereocenters. The molecule has 4 rings (SSSR count). The monoisotopic (exact) mass is 395 g/mol. The summed E-state index contributed by atoms with van der Waals surface area (Å²) in [7, 11) is 0. The number of aromatic nitrogens is 2. The molecule has 148 valence electrons. The number of rotatable bonds is 4. The lowest BCUT2D eigenvalue weighted by atomic mass is 10.0. The molecule has 1 fully saturated rings. The minimum atomic E-state index is -0.664. The van der Waals surface area contributed by atoms with Crippen LogP contribution in [0.2, 0.25) is 0 Å². The van der Waals surface area contributed by atoms with Crippen LogP contribution in [0.5, 0.6) is 5.75 Å². The Kier molecular flexibility index (Phi) is 4.67. The standard InChI is InChI=1S/C19H17N5O5/c25-12-7-20-16(21-8-12)18(28)22-6-10-1-2-11-9-24(19(29)13(11)5-10)14-3-4-15(26)23-17(14)27/h1-2,5,7-8,14,25H,3-4,6,9H2,(H,22,28)(H,23,26,27). The number of carbonyl (C=O) groups is 4. The summed E-state index contributed by atoms with van der Waals surface area (Å²) in [5.74, 6) is -1.79. The largest absolute Gasteiger partial charge is 0.505 e. The number of nitrogens with one attached hydrogen (secondary N) is 2. The van der Waals surface area contributed by atoms with Crippen LogP contribution in [0, 0.1) is 0 Å². The minimum absolute atomic E-state index is 0.0796. The van der Waals surface area contributed by atoms with Crippen molar-refractivity contribution < 1.29 is 24.3 Å². The topological polar surface area (TPSA) is 142 Å². The number of piperidine rings is 1. The summed E-state index contributed by atoms with van der Waals surface area (Å²) in [4.78, 5) is 57.3. The van der Waals surface area contributed by atoms with E-state index in [2.05, 4.69) is 20.6 Å². The molecule has 1 aromatic heterocycles. The van der Waals surface area contributed by atoms with E-state index in [1.165, 1.54) is 4.90 Å². The van der Waals surface area contributed by atoms with Gasteiger partial charge in [-0.3, -0.25) is 24.5 Å². The van der Waals surface area contributed by atoms with Crippen molar-refractivity contribution in [2.75, 3.05) is 0 Å². The number of carbonyl (C=O) groups excluding carboxylic acids is 4. The highest BCUT2D eigenvalue weighted by Crippen LogP contribution is 2.28. The zero-order valence-corrected chi connectivity index (χ0v) is 15.2. The Hall–Kier alpha value is -3.82. The third-order valence-electron chi connectivity index (χ3n) is 4.89. The van der Waals surface area contributed by atoms with Gasteiger partial charge in [0.1, 0.15) is 6.04 Å². The van der Waals surface area contributed by atoms with Crippen molar-refractivity contribution in [2.24, 2.45) is 0 Å². The summed E-state index contributed by atoms with van der Waals surface area (Å²) in [5.41, 5.74) is 1.97. The van der Waals surface area contributed by atoms with Gasteiger partial charge in [0.05, 0.1) is 12.4 Å². The number of hydrogen-bond donors (Lipinski definition) is 3. The quantitative estimate of drug-likeness (QED) is 0.613. The lowest BCUT2D eigenvalue weighted by Crippen LogP contribution is -2.52. The molecular weight excluding hydrogens is 378 g/mol. The molecule has 0 radical (unpaired) electrons. The Morgan fingerprint density at radius 1 is 1.24 bits per heavy atom. The Balaban J connectivity index is 1.44. The van der Waals surface area contributed by atoms with E-state index < -0.39 is 17.9 Å². The molecule has 2 aliphatic rings. The molecule has 4 amide bonds. The fraction of sp³-hybridized carbons (Fsp3) is 0.263. The van der Waals surface area contributed by atoms with Gasteiger partial charge in [0.2, 0.25) is 17.6 Å². The second-order valence-electron chi connectivity index (χ2n) is 6.84. The second-order valence-corrected chi connectivity index (χ2v) is 6.84. The van der Waals surface area contributed by atoms with Gasteiger partial charge in [-0.15, -0.1) is 0 Å². The molecule has 2 aromatic rings. The molecule has 1 aromatic carbocycles. The summed E-state index contributed by atoms with van der Waals surface area (Å²) < 4.78 is 0. The van der Waals surface area contributed by atoms with Crippen LogP contribution in [0.1, 0.15) is 44.9 Å². The normalized spacial score (nSPS) is 18.4. The second kappa shape index (κ2) is 7.30. The van der Waals surface area contributed by atoms with Crippen molar-refractivity contribution in [3.8, 4) is 5.75 Å². The average molecular weight is 395 g/mol. The number of fused-ring (bicyclic) bond motifs is 1. The number of amides is 4. The van der Waals surface area contributed by atoms with Gasteiger partial charge in [0.15, 0.2) is 5.75 Å².